The fourth-order valence-electron chi connectivity index (χ4n) is 4.64. The van der Waals surface area contributed by atoms with E-state index in [0.717, 1.165) is 6.92 Å². The smallest absolute Gasteiger partial charge is 0.329 e. The van der Waals surface area contributed by atoms with E-state index in [2.05, 4.69) is 5.32 Å². The van der Waals surface area contributed by atoms with Gasteiger partial charge in [0.25, 0.3) is 0 Å². The number of likely N-dealkylation sites (tertiary alicyclic amines) is 1. The lowest BCUT2D eigenvalue weighted by atomic mass is 9.97. The van der Waals surface area contributed by atoms with Crippen LogP contribution in [-0.2, 0) is 33.4 Å². The highest BCUT2D eigenvalue weighted by Crippen LogP contribution is 2.29. The first-order valence-corrected chi connectivity index (χ1v) is 13.1. The molecule has 0 spiro atoms. The van der Waals surface area contributed by atoms with E-state index in [1.54, 1.807) is 19.1 Å². The number of nitrogens with two attached hydrogens (primary N) is 2. The number of carbonyl (C=O) groups excluding carboxylic acids is 5. The predicted octanol–water partition coefficient (Wildman–Crippen LogP) is 0.639. The highest BCUT2D eigenvalue weighted by atomic mass is 16.6. The van der Waals surface area contributed by atoms with Gasteiger partial charge in [-0.1, -0.05) is 32.4 Å². The molecule has 220 valence electrons. The summed E-state index contributed by atoms with van der Waals surface area (Å²) in [6.45, 7) is 6.04. The number of rotatable bonds is 13. The fraction of sp³-hybridized carbons (Fsp3) is 0.556. The molecule has 13 nitrogen and oxygen atoms in total. The number of carboxylic acid groups (broad SMARTS) is 1. The summed E-state index contributed by atoms with van der Waals surface area (Å²) in [5.41, 5.74) is 12.3. The molecule has 2 rings (SSSR count). The molecule has 0 aliphatic carbocycles. The first-order valence-electron chi connectivity index (χ1n) is 13.1. The van der Waals surface area contributed by atoms with Crippen LogP contribution in [0.5, 0.6) is 0 Å². The van der Waals surface area contributed by atoms with Gasteiger partial charge in [-0.15, -0.1) is 0 Å². The average molecular weight is 563 g/mol. The Morgan fingerprint density at radius 3 is 2.33 bits per heavy atom. The molecule has 6 unspecified atom stereocenters. The van der Waals surface area contributed by atoms with Crippen LogP contribution in [0.3, 0.4) is 0 Å². The highest BCUT2D eigenvalue weighted by Gasteiger charge is 2.48. The number of hydrogen-bond acceptors (Lipinski definition) is 10. The van der Waals surface area contributed by atoms with E-state index in [9.17, 15) is 33.9 Å². The number of anilines is 1. The van der Waals surface area contributed by atoms with Crippen molar-refractivity contribution in [1.29, 1.82) is 0 Å². The molecule has 0 radical (unpaired) electrons. The van der Waals surface area contributed by atoms with E-state index in [-0.39, 0.29) is 30.1 Å². The van der Waals surface area contributed by atoms with Gasteiger partial charge in [-0.2, -0.15) is 0 Å². The minimum Gasteiger partial charge on any atom is -0.481 e. The molecule has 0 saturated carbocycles. The van der Waals surface area contributed by atoms with Crippen LogP contribution >= 0.6 is 0 Å². The summed E-state index contributed by atoms with van der Waals surface area (Å²) < 4.78 is 11.0. The first kappa shape index (κ1) is 32.2. The Morgan fingerprint density at radius 1 is 1.12 bits per heavy atom. The van der Waals surface area contributed by atoms with Crippen molar-refractivity contribution in [2.24, 2.45) is 11.7 Å². The number of aliphatic carboxylic acids is 1. The van der Waals surface area contributed by atoms with E-state index in [0.29, 0.717) is 6.42 Å². The van der Waals surface area contributed by atoms with Gasteiger partial charge in [0.05, 0.1) is 12.5 Å². The first-order chi connectivity index (χ1) is 18.8. The molecule has 1 aliphatic rings. The molecule has 0 bridgehead atoms. The Hall–Kier alpha value is -4.00. The molecule has 6 N–H and O–H groups in total. The summed E-state index contributed by atoms with van der Waals surface area (Å²) in [5.74, 6) is -5.03. The summed E-state index contributed by atoms with van der Waals surface area (Å²) >= 11 is 0. The maximum absolute atomic E-state index is 13.3. The van der Waals surface area contributed by atoms with Crippen LogP contribution in [-0.4, -0.2) is 82.4 Å². The van der Waals surface area contributed by atoms with Gasteiger partial charge in [0, 0.05) is 44.5 Å². The normalized spacial score (nSPS) is 19.6. The number of nitrogen functional groups attached to an aromatic ring is 1. The second-order valence-corrected chi connectivity index (χ2v) is 9.91. The van der Waals surface area contributed by atoms with Crippen molar-refractivity contribution < 1.29 is 43.3 Å². The Labute approximate surface area is 232 Å². The number of Topliss-reactive ketones (excluding diaryl/α,β-unsaturated/α-hetero) is 1. The SMILES string of the molecule is CCC(C)C(N)C(=O)N1CCC(OC(C)=O)C1C(CC(=O)O)OC(=O)C(CC(=O)c1ccccc1N)NC(C)=O. The molecule has 1 aliphatic heterocycles. The second kappa shape index (κ2) is 14.4. The van der Waals surface area contributed by atoms with E-state index < -0.39 is 78.7 Å². The topological polar surface area (TPSA) is 208 Å². The van der Waals surface area contributed by atoms with Crippen molar-refractivity contribution in [3.05, 3.63) is 29.8 Å². The minimum absolute atomic E-state index is 0.0835. The molecule has 0 aromatic heterocycles. The van der Waals surface area contributed by atoms with E-state index >= 15 is 0 Å². The Kier molecular flexibility index (Phi) is 11.6. The number of carbonyl (C=O) groups is 6. The molecule has 2 amide bonds. The molecule has 1 saturated heterocycles. The monoisotopic (exact) mass is 562 g/mol. The lowest BCUT2D eigenvalue weighted by Crippen LogP contribution is -2.56. The number of para-hydroxylation sites is 1. The Bertz CT molecular complexity index is 1120. The lowest BCUT2D eigenvalue weighted by Gasteiger charge is -2.35. The van der Waals surface area contributed by atoms with E-state index in [4.69, 9.17) is 20.9 Å². The summed E-state index contributed by atoms with van der Waals surface area (Å²) in [7, 11) is 0. The maximum atomic E-state index is 13.3. The van der Waals surface area contributed by atoms with Crippen LogP contribution in [0.15, 0.2) is 24.3 Å². The molecular weight excluding hydrogens is 524 g/mol. The van der Waals surface area contributed by atoms with E-state index in [1.807, 2.05) is 6.92 Å². The van der Waals surface area contributed by atoms with Gasteiger partial charge in [-0.05, 0) is 18.1 Å². The van der Waals surface area contributed by atoms with Gasteiger partial charge >= 0.3 is 17.9 Å². The number of benzene rings is 1. The van der Waals surface area contributed by atoms with Crippen molar-refractivity contribution in [3.8, 4) is 0 Å². The molecule has 1 heterocycles. The number of carboxylic acids is 1. The molecule has 1 fully saturated rings. The summed E-state index contributed by atoms with van der Waals surface area (Å²) in [6.07, 6.45) is -2.97. The number of amides is 2. The third-order valence-electron chi connectivity index (χ3n) is 6.87. The standard InChI is InChI=1S/C27H38N4O9/c1-5-14(2)24(29)26(37)31-11-10-21(39-16(4)33)25(31)22(13-23(35)36)40-27(38)19(30-15(3)32)12-20(34)17-8-6-7-9-18(17)28/h6-9,14,19,21-22,24-25H,5,10-13,28-29H2,1-4H3,(H,30,32)(H,35,36). The van der Waals surface area contributed by atoms with Crippen LogP contribution in [0.2, 0.25) is 0 Å². The average Bonchev–Trinajstić information content (AvgIpc) is 3.28. The largest absolute Gasteiger partial charge is 0.481 e. The second-order valence-electron chi connectivity index (χ2n) is 9.91. The van der Waals surface area contributed by atoms with E-state index in [1.165, 1.54) is 24.0 Å². The van der Waals surface area contributed by atoms with Crippen LogP contribution in [0.4, 0.5) is 5.69 Å². The number of ether oxygens (including phenoxy) is 2. The molecular formula is C27H38N4O9. The number of nitrogens with zero attached hydrogens (tertiary/aromatic N) is 1. The van der Waals surface area contributed by atoms with Gasteiger partial charge in [0.15, 0.2) is 5.78 Å². The minimum atomic E-state index is -1.49. The van der Waals surface area contributed by atoms with Gasteiger partial charge in [-0.3, -0.25) is 24.0 Å². The van der Waals surface area contributed by atoms with Crippen LogP contribution in [0.25, 0.3) is 0 Å². The van der Waals surface area contributed by atoms with Gasteiger partial charge < -0.3 is 36.3 Å². The highest BCUT2D eigenvalue weighted by molar-refractivity contribution is 6.03. The fourth-order valence-corrected chi connectivity index (χ4v) is 4.64. The van der Waals surface area contributed by atoms with Crippen LogP contribution in [0.1, 0.15) is 63.7 Å². The molecule has 6 atom stereocenters. The van der Waals surface area contributed by atoms with Crippen LogP contribution in [0, 0.1) is 5.92 Å². The number of esters is 2. The van der Waals surface area contributed by atoms with Crippen molar-refractivity contribution in [2.75, 3.05) is 12.3 Å². The predicted molar refractivity (Wildman–Crippen MR) is 143 cm³/mol. The molecule has 1 aromatic rings. The van der Waals surface area contributed by atoms with Crippen molar-refractivity contribution >= 4 is 41.2 Å². The molecule has 1 aromatic carbocycles. The molecule has 40 heavy (non-hydrogen) atoms. The quantitative estimate of drug-likeness (QED) is 0.149. The third kappa shape index (κ3) is 8.50. The van der Waals surface area contributed by atoms with Crippen molar-refractivity contribution in [1.82, 2.24) is 10.2 Å². The maximum Gasteiger partial charge on any atom is 0.329 e. The Balaban J connectivity index is 2.41. The third-order valence-corrected chi connectivity index (χ3v) is 6.87. The summed E-state index contributed by atoms with van der Waals surface area (Å²) in [6, 6.07) is 2.61. The Morgan fingerprint density at radius 2 is 1.77 bits per heavy atom. The van der Waals surface area contributed by atoms with Gasteiger partial charge in [-0.25, -0.2) is 4.79 Å². The zero-order valence-electron chi connectivity index (χ0n) is 23.1. The zero-order chi connectivity index (χ0) is 30.1. The zero-order valence-corrected chi connectivity index (χ0v) is 23.1. The number of nitrogens with one attached hydrogen (secondary N) is 1. The van der Waals surface area contributed by atoms with Gasteiger partial charge in [0.1, 0.15) is 24.3 Å². The lowest BCUT2D eigenvalue weighted by molar-refractivity contribution is -0.167. The summed E-state index contributed by atoms with van der Waals surface area (Å²) in [5, 5.41) is 12.0. The van der Waals surface area contributed by atoms with Crippen LogP contribution < -0.4 is 16.8 Å². The number of hydrogen-bond donors (Lipinski definition) is 4. The number of ketones is 1. The van der Waals surface area contributed by atoms with Crippen molar-refractivity contribution in [3.63, 3.8) is 0 Å². The molecule has 13 heteroatoms. The summed E-state index contributed by atoms with van der Waals surface area (Å²) in [4.78, 5) is 76.4. The van der Waals surface area contributed by atoms with Crippen molar-refractivity contribution in [2.45, 2.75) is 83.7 Å². The van der Waals surface area contributed by atoms with Gasteiger partial charge in [0.2, 0.25) is 11.8 Å².